The van der Waals surface area contributed by atoms with Gasteiger partial charge in [-0.15, -0.1) is 0 Å². The molecule has 4 nitrogen and oxygen atoms in total. The van der Waals surface area contributed by atoms with E-state index in [1.807, 2.05) is 14.0 Å². The summed E-state index contributed by atoms with van der Waals surface area (Å²) >= 11 is 0. The molecule has 0 aliphatic carbocycles. The Morgan fingerprint density at radius 3 is 2.58 bits per heavy atom. The molecule has 0 aliphatic rings. The third-order valence-corrected chi connectivity index (χ3v) is 1.76. The number of likely N-dealkylation sites (N-methyl/N-ethyl adjacent to an activating group) is 1. The molecule has 0 radical (unpaired) electrons. The van der Waals surface area contributed by atoms with E-state index in [1.165, 1.54) is 6.33 Å². The monoisotopic (exact) mass is 166 g/mol. The number of nitrogens with zero attached hydrogens (tertiary/aromatic N) is 2. The Hall–Kier alpha value is -1.00. The maximum atomic E-state index is 6.01. The molecule has 1 rings (SSSR count). The number of rotatable bonds is 3. The van der Waals surface area contributed by atoms with Crippen molar-refractivity contribution in [1.82, 2.24) is 15.3 Å². The lowest BCUT2D eigenvalue weighted by atomic mass is 9.96. The van der Waals surface area contributed by atoms with Gasteiger partial charge in [0.25, 0.3) is 0 Å². The molecule has 0 amide bonds. The van der Waals surface area contributed by atoms with Gasteiger partial charge in [-0.1, -0.05) is 0 Å². The maximum Gasteiger partial charge on any atom is 0.115 e. The average Bonchev–Trinajstić information content (AvgIpc) is 2.06. The molecule has 0 aromatic carbocycles. The molecular weight excluding hydrogens is 152 g/mol. The predicted molar refractivity (Wildman–Crippen MR) is 47.5 cm³/mol. The summed E-state index contributed by atoms with van der Waals surface area (Å²) in [6, 6.07) is 0. The molecular formula is C8H14N4. The fraction of sp³-hybridized carbons (Fsp3) is 0.500. The highest BCUT2D eigenvalue weighted by molar-refractivity contribution is 5.15. The van der Waals surface area contributed by atoms with Crippen LogP contribution in [0, 0.1) is 0 Å². The van der Waals surface area contributed by atoms with Crippen LogP contribution in [0.15, 0.2) is 18.7 Å². The predicted octanol–water partition coefficient (Wildman–Crippen LogP) is -0.130. The average molecular weight is 166 g/mol. The van der Waals surface area contributed by atoms with Gasteiger partial charge in [0.1, 0.15) is 6.33 Å². The van der Waals surface area contributed by atoms with E-state index in [1.54, 1.807) is 12.4 Å². The first-order valence-corrected chi connectivity index (χ1v) is 3.86. The summed E-state index contributed by atoms with van der Waals surface area (Å²) in [6.07, 6.45) is 4.98. The minimum absolute atomic E-state index is 0.393. The van der Waals surface area contributed by atoms with E-state index in [9.17, 15) is 0 Å². The van der Waals surface area contributed by atoms with Gasteiger partial charge < -0.3 is 11.1 Å². The summed E-state index contributed by atoms with van der Waals surface area (Å²) in [7, 11) is 1.87. The van der Waals surface area contributed by atoms with Crippen LogP contribution < -0.4 is 11.1 Å². The lowest BCUT2D eigenvalue weighted by Crippen LogP contribution is -2.42. The fourth-order valence-corrected chi connectivity index (χ4v) is 1.06. The Bertz CT molecular complexity index is 232. The summed E-state index contributed by atoms with van der Waals surface area (Å²) in [5.74, 6) is 0. The van der Waals surface area contributed by atoms with Gasteiger partial charge >= 0.3 is 0 Å². The minimum atomic E-state index is -0.393. The molecule has 4 heteroatoms. The Kier molecular flexibility index (Phi) is 2.73. The Balaban J connectivity index is 2.82. The van der Waals surface area contributed by atoms with E-state index in [0.29, 0.717) is 6.54 Å². The zero-order valence-corrected chi connectivity index (χ0v) is 7.41. The van der Waals surface area contributed by atoms with Crippen molar-refractivity contribution in [1.29, 1.82) is 0 Å². The molecule has 0 bridgehead atoms. The van der Waals surface area contributed by atoms with Crippen molar-refractivity contribution < 1.29 is 0 Å². The zero-order chi connectivity index (χ0) is 9.03. The first-order valence-electron chi connectivity index (χ1n) is 3.86. The molecule has 66 valence electrons. The highest BCUT2D eigenvalue weighted by Gasteiger charge is 2.20. The summed E-state index contributed by atoms with van der Waals surface area (Å²) < 4.78 is 0. The SMILES string of the molecule is CNCC(C)(N)c1cncnc1. The van der Waals surface area contributed by atoms with Crippen LogP contribution in [0.5, 0.6) is 0 Å². The topological polar surface area (TPSA) is 63.8 Å². The highest BCUT2D eigenvalue weighted by Crippen LogP contribution is 2.13. The lowest BCUT2D eigenvalue weighted by molar-refractivity contribution is 0.464. The highest BCUT2D eigenvalue weighted by atomic mass is 14.9. The second-order valence-electron chi connectivity index (χ2n) is 3.07. The summed E-state index contributed by atoms with van der Waals surface area (Å²) in [4.78, 5) is 7.83. The van der Waals surface area contributed by atoms with E-state index in [4.69, 9.17) is 5.73 Å². The van der Waals surface area contributed by atoms with E-state index >= 15 is 0 Å². The fourth-order valence-electron chi connectivity index (χ4n) is 1.06. The second kappa shape index (κ2) is 3.60. The van der Waals surface area contributed by atoms with Gasteiger partial charge in [0, 0.05) is 24.5 Å². The first-order chi connectivity index (χ1) is 5.67. The molecule has 1 aromatic heterocycles. The van der Waals surface area contributed by atoms with Crippen LogP contribution in [0.1, 0.15) is 12.5 Å². The molecule has 12 heavy (non-hydrogen) atoms. The van der Waals surface area contributed by atoms with Crippen molar-refractivity contribution in [3.63, 3.8) is 0 Å². The van der Waals surface area contributed by atoms with Crippen LogP contribution in [-0.2, 0) is 5.54 Å². The van der Waals surface area contributed by atoms with Crippen molar-refractivity contribution in [2.24, 2.45) is 5.73 Å². The number of nitrogens with one attached hydrogen (secondary N) is 1. The van der Waals surface area contributed by atoms with Crippen molar-refractivity contribution in [2.45, 2.75) is 12.5 Å². The molecule has 1 aromatic rings. The van der Waals surface area contributed by atoms with Gasteiger partial charge in [0.2, 0.25) is 0 Å². The molecule has 1 atom stereocenters. The summed E-state index contributed by atoms with van der Waals surface area (Å²) in [6.45, 7) is 2.66. The molecule has 0 aliphatic heterocycles. The van der Waals surface area contributed by atoms with Crippen LogP contribution >= 0.6 is 0 Å². The molecule has 0 saturated heterocycles. The van der Waals surface area contributed by atoms with Crippen LogP contribution in [0.3, 0.4) is 0 Å². The van der Waals surface area contributed by atoms with Gasteiger partial charge in [0.15, 0.2) is 0 Å². The third-order valence-electron chi connectivity index (χ3n) is 1.76. The number of nitrogens with two attached hydrogens (primary N) is 1. The molecule has 3 N–H and O–H groups in total. The van der Waals surface area contributed by atoms with Gasteiger partial charge in [0.05, 0.1) is 5.54 Å². The first kappa shape index (κ1) is 9.09. The Morgan fingerprint density at radius 2 is 2.08 bits per heavy atom. The Morgan fingerprint density at radius 1 is 1.50 bits per heavy atom. The third kappa shape index (κ3) is 1.99. The molecule has 0 spiro atoms. The smallest absolute Gasteiger partial charge is 0.115 e. The van der Waals surface area contributed by atoms with Crippen molar-refractivity contribution in [3.05, 3.63) is 24.3 Å². The van der Waals surface area contributed by atoms with Crippen LogP contribution in [-0.4, -0.2) is 23.6 Å². The van der Waals surface area contributed by atoms with Crippen LogP contribution in [0.25, 0.3) is 0 Å². The lowest BCUT2D eigenvalue weighted by Gasteiger charge is -2.23. The van der Waals surface area contributed by atoms with E-state index in [0.717, 1.165) is 5.56 Å². The van der Waals surface area contributed by atoms with Crippen molar-refractivity contribution >= 4 is 0 Å². The van der Waals surface area contributed by atoms with Crippen LogP contribution in [0.2, 0.25) is 0 Å². The summed E-state index contributed by atoms with van der Waals surface area (Å²) in [5, 5.41) is 3.03. The van der Waals surface area contributed by atoms with Gasteiger partial charge in [-0.3, -0.25) is 0 Å². The normalized spacial score (nSPS) is 15.6. The van der Waals surface area contributed by atoms with E-state index < -0.39 is 5.54 Å². The number of hydrogen-bond acceptors (Lipinski definition) is 4. The maximum absolute atomic E-state index is 6.01. The zero-order valence-electron chi connectivity index (χ0n) is 7.41. The molecule has 0 fully saturated rings. The second-order valence-corrected chi connectivity index (χ2v) is 3.07. The quantitative estimate of drug-likeness (QED) is 0.656. The number of hydrogen-bond donors (Lipinski definition) is 2. The van der Waals surface area contributed by atoms with Gasteiger partial charge in [-0.25, -0.2) is 9.97 Å². The molecule has 0 saturated carbocycles. The summed E-state index contributed by atoms with van der Waals surface area (Å²) in [5.41, 5.74) is 6.56. The van der Waals surface area contributed by atoms with Crippen LogP contribution in [0.4, 0.5) is 0 Å². The standard InChI is InChI=1S/C8H14N4/c1-8(9,5-10-2)7-3-11-6-12-4-7/h3-4,6,10H,5,9H2,1-2H3. The van der Waals surface area contributed by atoms with E-state index in [2.05, 4.69) is 15.3 Å². The largest absolute Gasteiger partial charge is 0.320 e. The molecule has 1 unspecified atom stereocenters. The van der Waals surface area contributed by atoms with E-state index in [-0.39, 0.29) is 0 Å². The Labute approximate surface area is 72.2 Å². The van der Waals surface area contributed by atoms with Crippen molar-refractivity contribution in [2.75, 3.05) is 13.6 Å². The number of aromatic nitrogens is 2. The molecule has 1 heterocycles. The van der Waals surface area contributed by atoms with Gasteiger partial charge in [-0.2, -0.15) is 0 Å². The van der Waals surface area contributed by atoms with Gasteiger partial charge in [-0.05, 0) is 14.0 Å². The minimum Gasteiger partial charge on any atom is -0.320 e. The van der Waals surface area contributed by atoms with Crippen molar-refractivity contribution in [3.8, 4) is 0 Å².